The summed E-state index contributed by atoms with van der Waals surface area (Å²) in [6.45, 7) is 0.456. The van der Waals surface area contributed by atoms with Gasteiger partial charge in [0.25, 0.3) is 0 Å². The van der Waals surface area contributed by atoms with E-state index in [1.807, 2.05) is 6.07 Å². The van der Waals surface area contributed by atoms with Gasteiger partial charge in [0.1, 0.15) is 5.82 Å². The molecule has 100 valence electrons. The lowest BCUT2D eigenvalue weighted by Gasteiger charge is -2.28. The molecule has 0 N–H and O–H groups in total. The van der Waals surface area contributed by atoms with E-state index in [1.54, 1.807) is 7.11 Å². The summed E-state index contributed by atoms with van der Waals surface area (Å²) in [6, 6.07) is 4.85. The van der Waals surface area contributed by atoms with Crippen molar-refractivity contribution in [2.75, 3.05) is 7.11 Å². The van der Waals surface area contributed by atoms with Crippen LogP contribution < -0.4 is 0 Å². The van der Waals surface area contributed by atoms with Gasteiger partial charge in [0.2, 0.25) is 0 Å². The van der Waals surface area contributed by atoms with Crippen LogP contribution in [0, 0.1) is 5.82 Å². The first-order valence-electron chi connectivity index (χ1n) is 6.26. The van der Waals surface area contributed by atoms with Crippen LogP contribution in [0.4, 0.5) is 4.39 Å². The third-order valence-corrected chi connectivity index (χ3v) is 3.78. The Morgan fingerprint density at radius 2 is 2.06 bits per heavy atom. The molecule has 0 bridgehead atoms. The molecule has 2 atom stereocenters. The number of methoxy groups -OCH3 is 1. The number of halogens is 2. The van der Waals surface area contributed by atoms with Crippen molar-refractivity contribution in [2.45, 2.75) is 44.5 Å². The molecule has 4 heteroatoms. The van der Waals surface area contributed by atoms with Gasteiger partial charge in [-0.25, -0.2) is 4.39 Å². The van der Waals surface area contributed by atoms with Crippen molar-refractivity contribution in [1.29, 1.82) is 0 Å². The van der Waals surface area contributed by atoms with Crippen molar-refractivity contribution in [2.24, 2.45) is 0 Å². The van der Waals surface area contributed by atoms with E-state index in [2.05, 4.69) is 15.9 Å². The summed E-state index contributed by atoms with van der Waals surface area (Å²) in [5, 5.41) is 0. The average molecular weight is 317 g/mol. The summed E-state index contributed by atoms with van der Waals surface area (Å²) in [6.07, 6.45) is 4.79. The van der Waals surface area contributed by atoms with Gasteiger partial charge >= 0.3 is 0 Å². The van der Waals surface area contributed by atoms with E-state index in [-0.39, 0.29) is 11.9 Å². The van der Waals surface area contributed by atoms with Crippen LogP contribution in [0.15, 0.2) is 22.7 Å². The van der Waals surface area contributed by atoms with Gasteiger partial charge in [0.05, 0.1) is 18.8 Å². The lowest BCUT2D eigenvalue weighted by Crippen LogP contribution is -2.27. The van der Waals surface area contributed by atoms with Gasteiger partial charge in [-0.2, -0.15) is 0 Å². The SMILES string of the molecule is COC1CCCC(OCc2cc(F)cc(Br)c2)C1. The molecule has 0 radical (unpaired) electrons. The van der Waals surface area contributed by atoms with Crippen molar-refractivity contribution in [3.63, 3.8) is 0 Å². The number of hydrogen-bond donors (Lipinski definition) is 0. The van der Waals surface area contributed by atoms with Gasteiger partial charge in [-0.15, -0.1) is 0 Å². The molecule has 0 aromatic heterocycles. The van der Waals surface area contributed by atoms with Gasteiger partial charge in [-0.3, -0.25) is 0 Å². The fourth-order valence-corrected chi connectivity index (χ4v) is 2.89. The standard InChI is InChI=1S/C14H18BrFO2/c1-17-13-3-2-4-14(8-13)18-9-10-5-11(15)7-12(16)6-10/h5-7,13-14H,2-4,8-9H2,1H3. The van der Waals surface area contributed by atoms with Crippen molar-refractivity contribution in [3.8, 4) is 0 Å². The molecule has 1 aliphatic carbocycles. The van der Waals surface area contributed by atoms with E-state index in [9.17, 15) is 4.39 Å². The minimum atomic E-state index is -0.235. The second-order valence-electron chi connectivity index (χ2n) is 4.74. The molecular weight excluding hydrogens is 299 g/mol. The van der Waals surface area contributed by atoms with Gasteiger partial charge in [0, 0.05) is 11.6 Å². The van der Waals surface area contributed by atoms with Crippen molar-refractivity contribution in [1.82, 2.24) is 0 Å². The van der Waals surface area contributed by atoms with Crippen LogP contribution in [0.25, 0.3) is 0 Å². The summed E-state index contributed by atoms with van der Waals surface area (Å²) in [4.78, 5) is 0. The molecule has 0 saturated heterocycles. The molecule has 1 saturated carbocycles. The highest BCUT2D eigenvalue weighted by Crippen LogP contribution is 2.24. The van der Waals surface area contributed by atoms with Crippen LogP contribution in [0.1, 0.15) is 31.2 Å². The van der Waals surface area contributed by atoms with Gasteiger partial charge < -0.3 is 9.47 Å². The molecule has 2 rings (SSSR count). The maximum atomic E-state index is 13.2. The fourth-order valence-electron chi connectivity index (χ4n) is 2.38. The van der Waals surface area contributed by atoms with Crippen LogP contribution >= 0.6 is 15.9 Å². The van der Waals surface area contributed by atoms with Gasteiger partial charge in [-0.05, 0) is 49.4 Å². The Bertz CT molecular complexity index is 377. The minimum Gasteiger partial charge on any atom is -0.381 e. The predicted octanol–water partition coefficient (Wildman–Crippen LogP) is 4.06. The third kappa shape index (κ3) is 4.04. The largest absolute Gasteiger partial charge is 0.381 e. The molecule has 0 spiro atoms. The van der Waals surface area contributed by atoms with Crippen molar-refractivity contribution >= 4 is 15.9 Å². The maximum absolute atomic E-state index is 13.2. The molecule has 1 aromatic rings. The topological polar surface area (TPSA) is 18.5 Å². The molecule has 0 heterocycles. The molecule has 1 aromatic carbocycles. The smallest absolute Gasteiger partial charge is 0.124 e. The molecule has 0 amide bonds. The number of hydrogen-bond acceptors (Lipinski definition) is 2. The second-order valence-corrected chi connectivity index (χ2v) is 5.65. The number of rotatable bonds is 4. The Morgan fingerprint density at radius 1 is 1.28 bits per heavy atom. The highest BCUT2D eigenvalue weighted by molar-refractivity contribution is 9.10. The van der Waals surface area contributed by atoms with Gasteiger partial charge in [-0.1, -0.05) is 15.9 Å². The summed E-state index contributed by atoms with van der Waals surface area (Å²) >= 11 is 3.28. The summed E-state index contributed by atoms with van der Waals surface area (Å²) in [7, 11) is 1.75. The lowest BCUT2D eigenvalue weighted by molar-refractivity contribution is -0.0364. The van der Waals surface area contributed by atoms with E-state index in [0.717, 1.165) is 35.7 Å². The normalized spacial score (nSPS) is 24.2. The Balaban J connectivity index is 1.87. The fraction of sp³-hybridized carbons (Fsp3) is 0.571. The predicted molar refractivity (Wildman–Crippen MR) is 71.9 cm³/mol. The summed E-state index contributed by atoms with van der Waals surface area (Å²) in [5.41, 5.74) is 0.862. The zero-order valence-electron chi connectivity index (χ0n) is 10.5. The Hall–Kier alpha value is -0.450. The number of ether oxygens (including phenoxy) is 2. The average Bonchev–Trinajstić information content (AvgIpc) is 2.35. The molecule has 0 aliphatic heterocycles. The van der Waals surface area contributed by atoms with E-state index in [1.165, 1.54) is 12.1 Å². The van der Waals surface area contributed by atoms with Crippen molar-refractivity contribution in [3.05, 3.63) is 34.1 Å². The van der Waals surface area contributed by atoms with E-state index in [4.69, 9.17) is 9.47 Å². The van der Waals surface area contributed by atoms with Crippen LogP contribution in [-0.2, 0) is 16.1 Å². The van der Waals surface area contributed by atoms with Crippen LogP contribution in [0.5, 0.6) is 0 Å². The molecule has 1 aliphatic rings. The van der Waals surface area contributed by atoms with E-state index < -0.39 is 0 Å². The van der Waals surface area contributed by atoms with Crippen LogP contribution in [0.2, 0.25) is 0 Å². The Morgan fingerprint density at radius 3 is 2.78 bits per heavy atom. The molecular formula is C14H18BrFO2. The quantitative estimate of drug-likeness (QED) is 0.834. The van der Waals surface area contributed by atoms with Crippen LogP contribution in [-0.4, -0.2) is 19.3 Å². The first kappa shape index (κ1) is 14.0. The summed E-state index contributed by atoms with van der Waals surface area (Å²) in [5.74, 6) is -0.235. The monoisotopic (exact) mass is 316 g/mol. The highest BCUT2D eigenvalue weighted by atomic mass is 79.9. The Kier molecular flexibility index (Phi) is 5.15. The second kappa shape index (κ2) is 6.64. The first-order valence-corrected chi connectivity index (χ1v) is 7.06. The van der Waals surface area contributed by atoms with Crippen molar-refractivity contribution < 1.29 is 13.9 Å². The first-order chi connectivity index (χ1) is 8.67. The zero-order chi connectivity index (χ0) is 13.0. The molecule has 1 fully saturated rings. The lowest BCUT2D eigenvalue weighted by atomic mass is 9.95. The highest BCUT2D eigenvalue weighted by Gasteiger charge is 2.22. The molecule has 2 nitrogen and oxygen atoms in total. The maximum Gasteiger partial charge on any atom is 0.124 e. The van der Waals surface area contributed by atoms with E-state index in [0.29, 0.717) is 12.7 Å². The zero-order valence-corrected chi connectivity index (χ0v) is 12.1. The third-order valence-electron chi connectivity index (χ3n) is 3.32. The summed E-state index contributed by atoms with van der Waals surface area (Å²) < 4.78 is 25.2. The van der Waals surface area contributed by atoms with Crippen LogP contribution in [0.3, 0.4) is 0 Å². The minimum absolute atomic E-state index is 0.228. The van der Waals surface area contributed by atoms with Gasteiger partial charge in [0.15, 0.2) is 0 Å². The molecule has 2 unspecified atom stereocenters. The Labute approximate surface area is 116 Å². The van der Waals surface area contributed by atoms with E-state index >= 15 is 0 Å². The number of benzene rings is 1. The molecule has 18 heavy (non-hydrogen) atoms.